The van der Waals surface area contributed by atoms with Crippen molar-refractivity contribution in [2.45, 2.75) is 26.8 Å². The second-order valence-corrected chi connectivity index (χ2v) is 6.19. The van der Waals surface area contributed by atoms with Crippen molar-refractivity contribution in [2.75, 3.05) is 0 Å². The average molecular weight is 318 g/mol. The molecular weight excluding hydrogens is 296 g/mol. The molecule has 0 radical (unpaired) electrons. The number of aromatic nitrogens is 1. The average Bonchev–Trinajstić information content (AvgIpc) is 2.93. The van der Waals surface area contributed by atoms with Crippen LogP contribution in [0.5, 0.6) is 0 Å². The highest BCUT2D eigenvalue weighted by molar-refractivity contribution is 5.97. The molecule has 0 bridgehead atoms. The molecule has 0 saturated heterocycles. The number of rotatable bonds is 4. The molecule has 1 aromatic heterocycles. The maximum atomic E-state index is 12.6. The lowest BCUT2D eigenvalue weighted by Crippen LogP contribution is -2.30. The molecule has 0 saturated carbocycles. The van der Waals surface area contributed by atoms with Crippen LogP contribution in [-0.4, -0.2) is 16.5 Å². The minimum absolute atomic E-state index is 0.0330. The van der Waals surface area contributed by atoms with E-state index in [2.05, 4.69) is 34.1 Å². The molecule has 0 spiro atoms. The van der Waals surface area contributed by atoms with E-state index in [0.29, 0.717) is 5.56 Å². The lowest BCUT2D eigenvalue weighted by molar-refractivity contribution is 0.0942. The third kappa shape index (κ3) is 3.11. The molecule has 0 aliphatic rings. The molecular formula is C21H22N2O. The Labute approximate surface area is 143 Å². The Bertz CT molecular complexity index is 833. The van der Waals surface area contributed by atoms with Crippen LogP contribution in [0.2, 0.25) is 0 Å². The van der Waals surface area contributed by atoms with Crippen molar-refractivity contribution in [1.29, 1.82) is 0 Å². The number of para-hydroxylation sites is 1. The van der Waals surface area contributed by atoms with Gasteiger partial charge in [0.25, 0.3) is 5.91 Å². The van der Waals surface area contributed by atoms with Crippen LogP contribution in [0.1, 0.15) is 29.9 Å². The van der Waals surface area contributed by atoms with Crippen molar-refractivity contribution in [3.05, 3.63) is 78.0 Å². The van der Waals surface area contributed by atoms with Crippen LogP contribution in [0.4, 0.5) is 0 Å². The van der Waals surface area contributed by atoms with Gasteiger partial charge >= 0.3 is 0 Å². The third-order valence-electron chi connectivity index (χ3n) is 4.00. The predicted molar refractivity (Wildman–Crippen MR) is 98.5 cm³/mol. The van der Waals surface area contributed by atoms with Gasteiger partial charge in [-0.2, -0.15) is 0 Å². The number of nitrogens with zero attached hydrogens (tertiary/aromatic N) is 1. The summed E-state index contributed by atoms with van der Waals surface area (Å²) in [6, 6.07) is 22.4. The van der Waals surface area contributed by atoms with Crippen molar-refractivity contribution in [1.82, 2.24) is 9.88 Å². The molecule has 2 aromatic carbocycles. The summed E-state index contributed by atoms with van der Waals surface area (Å²) < 4.78 is 2.14. The van der Waals surface area contributed by atoms with E-state index in [1.54, 1.807) is 0 Å². The van der Waals surface area contributed by atoms with Crippen molar-refractivity contribution < 1.29 is 4.79 Å². The monoisotopic (exact) mass is 318 g/mol. The van der Waals surface area contributed by atoms with E-state index in [-0.39, 0.29) is 11.9 Å². The van der Waals surface area contributed by atoms with Crippen LogP contribution in [0.15, 0.2) is 66.7 Å². The SMILES string of the molecule is Cc1c(C(=O)NC(C)C)cc(-c2ccccc2)n1-c1ccccc1. The van der Waals surface area contributed by atoms with Crippen molar-refractivity contribution in [2.24, 2.45) is 0 Å². The number of benzene rings is 2. The smallest absolute Gasteiger partial charge is 0.253 e. The maximum absolute atomic E-state index is 12.6. The zero-order valence-corrected chi connectivity index (χ0v) is 14.3. The summed E-state index contributed by atoms with van der Waals surface area (Å²) >= 11 is 0. The lowest BCUT2D eigenvalue weighted by Gasteiger charge is -2.12. The molecule has 0 aliphatic carbocycles. The standard InChI is InChI=1S/C21H22N2O/c1-15(2)22-21(24)19-14-20(17-10-6-4-7-11-17)23(16(19)3)18-12-8-5-9-13-18/h4-15H,1-3H3,(H,22,24). The highest BCUT2D eigenvalue weighted by Crippen LogP contribution is 2.29. The van der Waals surface area contributed by atoms with E-state index in [0.717, 1.165) is 22.6 Å². The topological polar surface area (TPSA) is 34.0 Å². The van der Waals surface area contributed by atoms with Gasteiger partial charge in [0.15, 0.2) is 0 Å². The Hall–Kier alpha value is -2.81. The van der Waals surface area contributed by atoms with Crippen molar-refractivity contribution in [3.63, 3.8) is 0 Å². The summed E-state index contributed by atoms with van der Waals surface area (Å²) in [4.78, 5) is 12.6. The first kappa shape index (κ1) is 16.1. The summed E-state index contributed by atoms with van der Waals surface area (Å²) in [5.41, 5.74) is 4.82. The molecule has 122 valence electrons. The van der Waals surface area contributed by atoms with E-state index in [9.17, 15) is 4.79 Å². The summed E-state index contributed by atoms with van der Waals surface area (Å²) in [6.07, 6.45) is 0. The van der Waals surface area contributed by atoms with Crippen LogP contribution in [0, 0.1) is 6.92 Å². The summed E-state index contributed by atoms with van der Waals surface area (Å²) in [6.45, 7) is 5.94. The van der Waals surface area contributed by atoms with E-state index in [4.69, 9.17) is 0 Å². The lowest BCUT2D eigenvalue weighted by atomic mass is 10.1. The van der Waals surface area contributed by atoms with E-state index in [1.165, 1.54) is 0 Å². The van der Waals surface area contributed by atoms with Crippen molar-refractivity contribution in [3.8, 4) is 16.9 Å². The number of nitrogens with one attached hydrogen (secondary N) is 1. The van der Waals surface area contributed by atoms with Gasteiger partial charge in [0.05, 0.1) is 11.3 Å². The fourth-order valence-electron chi connectivity index (χ4n) is 2.91. The summed E-state index contributed by atoms with van der Waals surface area (Å²) in [5.74, 6) is -0.0330. The molecule has 0 aliphatic heterocycles. The molecule has 3 nitrogen and oxygen atoms in total. The van der Waals surface area contributed by atoms with E-state index >= 15 is 0 Å². The van der Waals surface area contributed by atoms with Crippen LogP contribution < -0.4 is 5.32 Å². The fraction of sp³-hybridized carbons (Fsp3) is 0.190. The van der Waals surface area contributed by atoms with Gasteiger partial charge in [-0.3, -0.25) is 4.79 Å². The Balaban J connectivity index is 2.19. The molecule has 3 aromatic rings. The quantitative estimate of drug-likeness (QED) is 0.750. The highest BCUT2D eigenvalue weighted by Gasteiger charge is 2.19. The van der Waals surface area contributed by atoms with Gasteiger partial charge in [-0.25, -0.2) is 0 Å². The van der Waals surface area contributed by atoms with Gasteiger partial charge in [-0.1, -0.05) is 48.5 Å². The second-order valence-electron chi connectivity index (χ2n) is 6.19. The second kappa shape index (κ2) is 6.75. The first-order chi connectivity index (χ1) is 11.6. The molecule has 0 unspecified atom stereocenters. The largest absolute Gasteiger partial charge is 0.350 e. The van der Waals surface area contributed by atoms with E-state index in [1.807, 2.05) is 63.2 Å². The van der Waals surface area contributed by atoms with Crippen LogP contribution in [0.3, 0.4) is 0 Å². The first-order valence-corrected chi connectivity index (χ1v) is 8.22. The predicted octanol–water partition coefficient (Wildman–Crippen LogP) is 4.59. The third-order valence-corrected chi connectivity index (χ3v) is 4.00. The molecule has 3 rings (SSSR count). The number of carbonyl (C=O) groups is 1. The highest BCUT2D eigenvalue weighted by atomic mass is 16.1. The normalized spacial score (nSPS) is 10.8. The summed E-state index contributed by atoms with van der Waals surface area (Å²) in [5, 5.41) is 2.99. The molecule has 0 atom stereocenters. The molecule has 24 heavy (non-hydrogen) atoms. The zero-order chi connectivity index (χ0) is 17.1. The van der Waals surface area contributed by atoms with Gasteiger partial charge in [0, 0.05) is 17.4 Å². The molecule has 1 amide bonds. The number of carbonyl (C=O) groups excluding carboxylic acids is 1. The number of hydrogen-bond donors (Lipinski definition) is 1. The van der Waals surface area contributed by atoms with Crippen molar-refractivity contribution >= 4 is 5.91 Å². The van der Waals surface area contributed by atoms with Crippen LogP contribution in [-0.2, 0) is 0 Å². The number of hydrogen-bond acceptors (Lipinski definition) is 1. The zero-order valence-electron chi connectivity index (χ0n) is 14.3. The fourth-order valence-corrected chi connectivity index (χ4v) is 2.91. The molecule has 1 heterocycles. The van der Waals surface area contributed by atoms with Crippen LogP contribution in [0.25, 0.3) is 16.9 Å². The Morgan fingerprint density at radius 2 is 1.54 bits per heavy atom. The maximum Gasteiger partial charge on any atom is 0.253 e. The van der Waals surface area contributed by atoms with E-state index < -0.39 is 0 Å². The minimum atomic E-state index is -0.0330. The summed E-state index contributed by atoms with van der Waals surface area (Å²) in [7, 11) is 0. The Morgan fingerprint density at radius 1 is 0.958 bits per heavy atom. The van der Waals surface area contributed by atoms with Gasteiger partial charge in [-0.05, 0) is 44.5 Å². The molecule has 0 fully saturated rings. The van der Waals surface area contributed by atoms with Crippen LogP contribution >= 0.6 is 0 Å². The van der Waals surface area contributed by atoms with Gasteiger partial charge in [0.1, 0.15) is 0 Å². The number of amides is 1. The Morgan fingerprint density at radius 3 is 2.12 bits per heavy atom. The van der Waals surface area contributed by atoms with Gasteiger partial charge in [-0.15, -0.1) is 0 Å². The van der Waals surface area contributed by atoms with Gasteiger partial charge in [0.2, 0.25) is 0 Å². The van der Waals surface area contributed by atoms with Gasteiger partial charge < -0.3 is 9.88 Å². The Kier molecular flexibility index (Phi) is 4.52. The first-order valence-electron chi connectivity index (χ1n) is 8.22. The molecule has 1 N–H and O–H groups in total. The molecule has 3 heteroatoms. The minimum Gasteiger partial charge on any atom is -0.350 e.